The molecule has 0 radical (unpaired) electrons. The Kier molecular flexibility index (Phi) is 5.92. The van der Waals surface area contributed by atoms with Gasteiger partial charge in [0.1, 0.15) is 23.3 Å². The molecule has 3 aromatic rings. The van der Waals surface area contributed by atoms with Crippen molar-refractivity contribution in [2.24, 2.45) is 0 Å². The second kappa shape index (κ2) is 8.52. The highest BCUT2D eigenvalue weighted by atomic mass is 32.2. The van der Waals surface area contributed by atoms with Crippen LogP contribution in [-0.2, 0) is 9.84 Å². The molecule has 0 amide bonds. The average Bonchev–Trinajstić information content (AvgIpc) is 2.64. The second-order valence-electron chi connectivity index (χ2n) is 7.78. The lowest BCUT2D eigenvalue weighted by molar-refractivity contribution is 0.202. The molecular weight excluding hydrogens is 442 g/mol. The van der Waals surface area contributed by atoms with E-state index in [0.29, 0.717) is 22.8 Å². The fourth-order valence-electron chi connectivity index (χ4n) is 4.10. The molecule has 32 heavy (non-hydrogen) atoms. The van der Waals surface area contributed by atoms with Crippen molar-refractivity contribution in [2.75, 3.05) is 19.3 Å². The van der Waals surface area contributed by atoms with Crippen LogP contribution in [0.25, 0.3) is 4.91 Å². The highest BCUT2D eigenvalue weighted by Gasteiger charge is 2.35. The number of rotatable bonds is 5. The number of hydrogen-bond acceptors (Lipinski definition) is 3. The molecule has 0 unspecified atom stereocenters. The van der Waals surface area contributed by atoms with Gasteiger partial charge in [-0.25, -0.2) is 26.0 Å². The second-order valence-corrected chi connectivity index (χ2v) is 9.73. The van der Waals surface area contributed by atoms with E-state index in [2.05, 4.69) is 0 Å². The van der Waals surface area contributed by atoms with Crippen molar-refractivity contribution in [3.63, 3.8) is 0 Å². The molecule has 0 aliphatic carbocycles. The Hall–Kier alpha value is -2.97. The summed E-state index contributed by atoms with van der Waals surface area (Å²) in [5.41, 5.74) is 1.56. The maximum absolute atomic E-state index is 13.9. The molecule has 0 atom stereocenters. The summed E-state index contributed by atoms with van der Waals surface area (Å²) in [5, 5.41) is 0. The zero-order chi connectivity index (χ0) is 23.0. The lowest BCUT2D eigenvalue weighted by Crippen LogP contribution is -2.44. The Morgan fingerprint density at radius 1 is 0.781 bits per heavy atom. The lowest BCUT2D eigenvalue weighted by Gasteiger charge is -2.42. The summed E-state index contributed by atoms with van der Waals surface area (Å²) in [6.45, 7) is 0.302. The molecule has 1 heterocycles. The summed E-state index contributed by atoms with van der Waals surface area (Å²) in [7, 11) is -3.80. The van der Waals surface area contributed by atoms with Crippen molar-refractivity contribution in [1.82, 2.24) is 4.90 Å². The number of likely N-dealkylation sites (tertiary alicyclic amines) is 1. The zero-order valence-electron chi connectivity index (χ0n) is 17.0. The Balaban J connectivity index is 1.76. The van der Waals surface area contributed by atoms with Crippen LogP contribution in [0.3, 0.4) is 0 Å². The topological polar surface area (TPSA) is 37.4 Å². The number of sulfone groups is 1. The van der Waals surface area contributed by atoms with Gasteiger partial charge >= 0.3 is 0 Å². The summed E-state index contributed by atoms with van der Waals surface area (Å²) >= 11 is 0. The van der Waals surface area contributed by atoms with E-state index in [1.165, 1.54) is 24.3 Å². The Morgan fingerprint density at radius 3 is 1.72 bits per heavy atom. The molecule has 8 heteroatoms. The molecule has 0 aromatic heterocycles. The molecule has 0 spiro atoms. The van der Waals surface area contributed by atoms with Crippen LogP contribution in [0.1, 0.15) is 22.7 Å². The SMILES string of the molecule is CS(=O)(=O)C(=C1CN(C(c2cccc(F)c2)c2cccc(F)c2)C1)c1cc(F)cc(F)c1. The van der Waals surface area contributed by atoms with E-state index in [4.69, 9.17) is 0 Å². The van der Waals surface area contributed by atoms with Crippen LogP contribution < -0.4 is 0 Å². The standard InChI is InChI=1S/C24H19F4NO2S/c1-32(30,31)24(17-10-21(27)12-22(28)11-17)18-13-29(14-18)23(15-4-2-6-19(25)8-15)16-5-3-7-20(26)9-16/h2-12,23H,13-14H2,1H3. The van der Waals surface area contributed by atoms with Gasteiger partial charge in [-0.15, -0.1) is 0 Å². The van der Waals surface area contributed by atoms with Gasteiger partial charge in [0, 0.05) is 25.4 Å². The summed E-state index contributed by atoms with van der Waals surface area (Å²) in [5.74, 6) is -2.66. The Morgan fingerprint density at radius 2 is 1.28 bits per heavy atom. The van der Waals surface area contributed by atoms with Gasteiger partial charge in [-0.1, -0.05) is 24.3 Å². The van der Waals surface area contributed by atoms with E-state index in [0.717, 1.165) is 18.4 Å². The third-order valence-electron chi connectivity index (χ3n) is 5.30. The number of hydrogen-bond donors (Lipinski definition) is 0. The van der Waals surface area contributed by atoms with Gasteiger partial charge in [-0.05, 0) is 58.7 Å². The molecular formula is C24H19F4NO2S. The third kappa shape index (κ3) is 4.61. The minimum absolute atomic E-state index is 0.0623. The predicted molar refractivity (Wildman–Crippen MR) is 114 cm³/mol. The number of benzene rings is 3. The van der Waals surface area contributed by atoms with Crippen LogP contribution in [-0.4, -0.2) is 32.7 Å². The quantitative estimate of drug-likeness (QED) is 0.496. The smallest absolute Gasteiger partial charge is 0.176 e. The van der Waals surface area contributed by atoms with E-state index in [9.17, 15) is 26.0 Å². The lowest BCUT2D eigenvalue weighted by atomic mass is 9.92. The highest BCUT2D eigenvalue weighted by Crippen LogP contribution is 2.38. The molecule has 0 N–H and O–H groups in total. The van der Waals surface area contributed by atoms with Gasteiger partial charge in [-0.2, -0.15) is 0 Å². The zero-order valence-corrected chi connectivity index (χ0v) is 17.8. The van der Waals surface area contributed by atoms with E-state index < -0.39 is 39.1 Å². The van der Waals surface area contributed by atoms with Gasteiger partial charge in [-0.3, -0.25) is 4.90 Å². The number of nitrogens with zero attached hydrogens (tertiary/aromatic N) is 1. The van der Waals surface area contributed by atoms with Gasteiger partial charge < -0.3 is 0 Å². The average molecular weight is 461 g/mol. The van der Waals surface area contributed by atoms with E-state index in [1.807, 2.05) is 4.90 Å². The summed E-state index contributed by atoms with van der Waals surface area (Å²) in [4.78, 5) is 1.71. The van der Waals surface area contributed by atoms with Crippen molar-refractivity contribution >= 4 is 14.7 Å². The fourth-order valence-corrected chi connectivity index (χ4v) is 5.30. The molecule has 1 aliphatic heterocycles. The molecule has 1 aliphatic rings. The first-order valence-electron chi connectivity index (χ1n) is 9.75. The first-order valence-corrected chi connectivity index (χ1v) is 11.6. The first kappa shape index (κ1) is 22.2. The maximum atomic E-state index is 13.9. The van der Waals surface area contributed by atoms with Crippen LogP contribution >= 0.6 is 0 Å². The maximum Gasteiger partial charge on any atom is 0.176 e. The molecule has 1 fully saturated rings. The van der Waals surface area contributed by atoms with Crippen LogP contribution in [0, 0.1) is 23.3 Å². The fraction of sp³-hybridized carbons (Fsp3) is 0.167. The molecule has 3 nitrogen and oxygen atoms in total. The summed E-state index contributed by atoms with van der Waals surface area (Å²) < 4.78 is 80.3. The Labute approximate surface area is 183 Å². The first-order chi connectivity index (χ1) is 15.1. The monoisotopic (exact) mass is 461 g/mol. The van der Waals surface area contributed by atoms with Crippen molar-refractivity contribution in [3.8, 4) is 0 Å². The van der Waals surface area contributed by atoms with Gasteiger partial charge in [0.05, 0.1) is 10.9 Å². The predicted octanol–water partition coefficient (Wildman–Crippen LogP) is 5.10. The summed E-state index contributed by atoms with van der Waals surface area (Å²) in [6.07, 6.45) is 0.984. The van der Waals surface area contributed by atoms with E-state index in [1.54, 1.807) is 24.3 Å². The highest BCUT2D eigenvalue weighted by molar-refractivity contribution is 8.00. The minimum Gasteiger partial charge on any atom is -0.284 e. The van der Waals surface area contributed by atoms with Gasteiger partial charge in [0.15, 0.2) is 9.84 Å². The molecule has 3 aromatic carbocycles. The molecule has 166 valence electrons. The number of halogens is 4. The van der Waals surface area contributed by atoms with Crippen LogP contribution in [0.2, 0.25) is 0 Å². The third-order valence-corrected chi connectivity index (χ3v) is 6.56. The molecule has 4 rings (SSSR count). The molecule has 0 bridgehead atoms. The van der Waals surface area contributed by atoms with Gasteiger partial charge in [0.2, 0.25) is 0 Å². The molecule has 0 saturated carbocycles. The summed E-state index contributed by atoms with van der Waals surface area (Å²) in [6, 6.07) is 13.9. The normalized spacial score (nSPS) is 14.5. The van der Waals surface area contributed by atoms with Crippen LogP contribution in [0.15, 0.2) is 72.3 Å². The minimum atomic E-state index is -3.80. The van der Waals surface area contributed by atoms with Crippen molar-refractivity contribution < 1.29 is 26.0 Å². The van der Waals surface area contributed by atoms with Crippen molar-refractivity contribution in [2.45, 2.75) is 6.04 Å². The van der Waals surface area contributed by atoms with Crippen molar-refractivity contribution in [3.05, 3.63) is 112 Å². The molecule has 1 saturated heterocycles. The van der Waals surface area contributed by atoms with Gasteiger partial charge in [0.25, 0.3) is 0 Å². The van der Waals surface area contributed by atoms with Crippen LogP contribution in [0.4, 0.5) is 17.6 Å². The largest absolute Gasteiger partial charge is 0.284 e. The van der Waals surface area contributed by atoms with Crippen LogP contribution in [0.5, 0.6) is 0 Å². The van der Waals surface area contributed by atoms with E-state index >= 15 is 0 Å². The van der Waals surface area contributed by atoms with E-state index in [-0.39, 0.29) is 23.6 Å². The van der Waals surface area contributed by atoms with Crippen molar-refractivity contribution in [1.29, 1.82) is 0 Å². The Bertz CT molecular complexity index is 1250.